The molecule has 0 aromatic heterocycles. The van der Waals surface area contributed by atoms with Gasteiger partial charge in [0.25, 0.3) is 0 Å². The summed E-state index contributed by atoms with van der Waals surface area (Å²) >= 11 is 0. The van der Waals surface area contributed by atoms with Crippen molar-refractivity contribution in [3.63, 3.8) is 0 Å². The molecule has 0 heterocycles. The Balaban J connectivity index is 2.41. The fourth-order valence-corrected chi connectivity index (χ4v) is 1.60. The minimum Gasteiger partial charge on any atom is -0.504 e. The number of aromatic hydroxyl groups is 1. The molecular formula is C11H12O2. The summed E-state index contributed by atoms with van der Waals surface area (Å²) in [6.07, 6.45) is 1.19. The molecule has 0 spiro atoms. The molecule has 1 aromatic rings. The Bertz CT molecular complexity index is 384. The van der Waals surface area contributed by atoms with Crippen molar-refractivity contribution in [2.24, 2.45) is 5.92 Å². The van der Waals surface area contributed by atoms with Gasteiger partial charge in [-0.1, -0.05) is 19.1 Å². The second-order valence-electron chi connectivity index (χ2n) is 3.74. The third-order valence-electron chi connectivity index (χ3n) is 2.65. The molecule has 0 bridgehead atoms. The predicted octanol–water partition coefficient (Wildman–Crippen LogP) is 1.88. The van der Waals surface area contributed by atoms with Crippen LogP contribution < -0.4 is 5.43 Å². The van der Waals surface area contributed by atoms with E-state index in [0.29, 0.717) is 5.92 Å². The highest BCUT2D eigenvalue weighted by molar-refractivity contribution is 5.29. The first-order valence-corrected chi connectivity index (χ1v) is 4.51. The van der Waals surface area contributed by atoms with Gasteiger partial charge in [-0.25, -0.2) is 0 Å². The van der Waals surface area contributed by atoms with E-state index in [4.69, 9.17) is 5.11 Å². The van der Waals surface area contributed by atoms with Crippen molar-refractivity contribution < 1.29 is 5.11 Å². The third-order valence-corrected chi connectivity index (χ3v) is 2.65. The fraction of sp³-hybridized carbons (Fsp3) is 0.364. The molecule has 68 valence electrons. The summed E-state index contributed by atoms with van der Waals surface area (Å²) in [5, 5.41) is 9.16. The number of hydrogen-bond donors (Lipinski definition) is 1. The fourth-order valence-electron chi connectivity index (χ4n) is 1.60. The molecule has 2 rings (SSSR count). The SMILES string of the molecule is C[C@H]1CC1c1ccc(O)c(=O)cc1. The molecule has 0 aliphatic heterocycles. The Kier molecular flexibility index (Phi) is 1.83. The second kappa shape index (κ2) is 2.87. The predicted molar refractivity (Wildman–Crippen MR) is 50.9 cm³/mol. The molecule has 0 saturated heterocycles. The van der Waals surface area contributed by atoms with Crippen molar-refractivity contribution in [2.75, 3.05) is 0 Å². The van der Waals surface area contributed by atoms with E-state index < -0.39 is 0 Å². The quantitative estimate of drug-likeness (QED) is 0.709. The second-order valence-corrected chi connectivity index (χ2v) is 3.74. The molecular weight excluding hydrogens is 164 g/mol. The van der Waals surface area contributed by atoms with Crippen molar-refractivity contribution in [2.45, 2.75) is 19.3 Å². The Hall–Kier alpha value is -1.31. The lowest BCUT2D eigenvalue weighted by Crippen LogP contribution is -1.91. The molecule has 1 aliphatic rings. The van der Waals surface area contributed by atoms with Gasteiger partial charge in [0.1, 0.15) is 0 Å². The third kappa shape index (κ3) is 1.57. The number of hydrogen-bond acceptors (Lipinski definition) is 2. The lowest BCUT2D eigenvalue weighted by atomic mass is 10.1. The van der Waals surface area contributed by atoms with E-state index in [2.05, 4.69) is 6.92 Å². The normalized spacial score (nSPS) is 25.6. The zero-order valence-corrected chi connectivity index (χ0v) is 7.53. The van der Waals surface area contributed by atoms with E-state index in [9.17, 15) is 4.79 Å². The largest absolute Gasteiger partial charge is 0.504 e. The van der Waals surface area contributed by atoms with Gasteiger partial charge in [0.2, 0.25) is 5.43 Å². The van der Waals surface area contributed by atoms with E-state index in [1.807, 2.05) is 12.1 Å². The van der Waals surface area contributed by atoms with Gasteiger partial charge in [-0.3, -0.25) is 4.79 Å². The van der Waals surface area contributed by atoms with Gasteiger partial charge in [-0.15, -0.1) is 0 Å². The maximum absolute atomic E-state index is 11.0. The summed E-state index contributed by atoms with van der Waals surface area (Å²) in [6, 6.07) is 6.58. The van der Waals surface area contributed by atoms with E-state index >= 15 is 0 Å². The van der Waals surface area contributed by atoms with Crippen LogP contribution in [-0.4, -0.2) is 5.11 Å². The summed E-state index contributed by atoms with van der Waals surface area (Å²) in [4.78, 5) is 11.0. The summed E-state index contributed by atoms with van der Waals surface area (Å²) < 4.78 is 0. The first kappa shape index (κ1) is 8.30. The molecule has 1 fully saturated rings. The first-order valence-electron chi connectivity index (χ1n) is 4.51. The highest BCUT2D eigenvalue weighted by Gasteiger charge is 2.33. The lowest BCUT2D eigenvalue weighted by molar-refractivity contribution is 0.471. The topological polar surface area (TPSA) is 37.3 Å². The van der Waals surface area contributed by atoms with Gasteiger partial charge >= 0.3 is 0 Å². The van der Waals surface area contributed by atoms with Crippen LogP contribution in [0.15, 0.2) is 29.1 Å². The molecule has 1 N–H and O–H groups in total. The Morgan fingerprint density at radius 1 is 1.31 bits per heavy atom. The van der Waals surface area contributed by atoms with E-state index in [1.165, 1.54) is 18.6 Å². The molecule has 2 heteroatoms. The van der Waals surface area contributed by atoms with Gasteiger partial charge in [-0.2, -0.15) is 0 Å². The van der Waals surface area contributed by atoms with Crippen LogP contribution in [0.3, 0.4) is 0 Å². The molecule has 1 aliphatic carbocycles. The Labute approximate surface area is 76.9 Å². The van der Waals surface area contributed by atoms with Gasteiger partial charge < -0.3 is 5.11 Å². The molecule has 0 radical (unpaired) electrons. The maximum atomic E-state index is 11.0. The standard InChI is InChI=1S/C11H12O2/c1-7-6-9(7)8-2-4-10(12)11(13)5-3-8/h2-5,7,9H,6H2,1H3,(H,12,13)/t7-,9?/m0/s1. The van der Waals surface area contributed by atoms with E-state index in [0.717, 1.165) is 11.5 Å². The van der Waals surface area contributed by atoms with Crippen LogP contribution in [0.25, 0.3) is 0 Å². The van der Waals surface area contributed by atoms with Crippen LogP contribution in [0.4, 0.5) is 0 Å². The van der Waals surface area contributed by atoms with Crippen molar-refractivity contribution >= 4 is 0 Å². The summed E-state index contributed by atoms with van der Waals surface area (Å²) in [5.41, 5.74) is 0.851. The van der Waals surface area contributed by atoms with Gasteiger partial charge in [0, 0.05) is 0 Å². The number of rotatable bonds is 1. The van der Waals surface area contributed by atoms with Crippen LogP contribution in [0, 0.1) is 5.92 Å². The monoisotopic (exact) mass is 176 g/mol. The minimum atomic E-state index is -0.306. The molecule has 2 atom stereocenters. The van der Waals surface area contributed by atoms with Gasteiger partial charge in [0.05, 0.1) is 0 Å². The van der Waals surface area contributed by atoms with Crippen LogP contribution in [0.5, 0.6) is 5.75 Å². The highest BCUT2D eigenvalue weighted by Crippen LogP contribution is 2.46. The zero-order valence-electron chi connectivity index (χ0n) is 7.53. The van der Waals surface area contributed by atoms with Crippen molar-refractivity contribution in [3.8, 4) is 5.75 Å². The summed E-state index contributed by atoms with van der Waals surface area (Å²) in [5.74, 6) is 1.14. The smallest absolute Gasteiger partial charge is 0.220 e. The first-order chi connectivity index (χ1) is 6.18. The van der Waals surface area contributed by atoms with Gasteiger partial charge in [0.15, 0.2) is 5.75 Å². The minimum absolute atomic E-state index is 0.167. The van der Waals surface area contributed by atoms with Crippen LogP contribution in [-0.2, 0) is 0 Å². The lowest BCUT2D eigenvalue weighted by Gasteiger charge is -1.90. The van der Waals surface area contributed by atoms with E-state index in [-0.39, 0.29) is 11.2 Å². The van der Waals surface area contributed by atoms with Crippen molar-refractivity contribution in [1.82, 2.24) is 0 Å². The van der Waals surface area contributed by atoms with E-state index in [1.54, 1.807) is 0 Å². The molecule has 13 heavy (non-hydrogen) atoms. The van der Waals surface area contributed by atoms with Crippen LogP contribution in [0.2, 0.25) is 0 Å². The zero-order chi connectivity index (χ0) is 9.42. The van der Waals surface area contributed by atoms with Crippen molar-refractivity contribution in [1.29, 1.82) is 0 Å². The Morgan fingerprint density at radius 3 is 2.54 bits per heavy atom. The van der Waals surface area contributed by atoms with Crippen LogP contribution >= 0.6 is 0 Å². The average molecular weight is 176 g/mol. The molecule has 1 aromatic carbocycles. The molecule has 2 nitrogen and oxygen atoms in total. The summed E-state index contributed by atoms with van der Waals surface area (Å²) in [7, 11) is 0. The summed E-state index contributed by atoms with van der Waals surface area (Å²) in [6.45, 7) is 2.19. The van der Waals surface area contributed by atoms with Gasteiger partial charge in [-0.05, 0) is 36.0 Å². The highest BCUT2D eigenvalue weighted by atomic mass is 16.3. The Morgan fingerprint density at radius 2 is 1.92 bits per heavy atom. The molecule has 1 unspecified atom stereocenters. The average Bonchev–Trinajstić information content (AvgIpc) is 2.82. The maximum Gasteiger partial charge on any atom is 0.220 e. The van der Waals surface area contributed by atoms with Crippen molar-refractivity contribution in [3.05, 3.63) is 40.1 Å². The molecule has 0 amide bonds. The van der Waals surface area contributed by atoms with Crippen LogP contribution in [0.1, 0.15) is 24.8 Å². The molecule has 1 saturated carbocycles.